The van der Waals surface area contributed by atoms with Gasteiger partial charge in [0.15, 0.2) is 0 Å². The van der Waals surface area contributed by atoms with Gasteiger partial charge in [0.2, 0.25) is 11.8 Å². The maximum atomic E-state index is 13.7. The van der Waals surface area contributed by atoms with Crippen LogP contribution in [0, 0.1) is 23.7 Å². The monoisotopic (exact) mass is 493 g/mol. The van der Waals surface area contributed by atoms with Crippen molar-refractivity contribution in [2.45, 2.75) is 89.3 Å². The molecule has 6 rings (SSSR count). The first-order valence-electron chi connectivity index (χ1n) is 14.2. The molecule has 2 bridgehead atoms. The largest absolute Gasteiger partial charge is 0.396 e. The summed E-state index contributed by atoms with van der Waals surface area (Å²) in [5.41, 5.74) is 2.57. The molecule has 0 unspecified atom stereocenters. The number of carbonyl (C=O) groups is 2. The molecule has 4 atom stereocenters. The Morgan fingerprint density at radius 1 is 1.03 bits per heavy atom. The number of aliphatic hydroxyl groups is 1. The van der Waals surface area contributed by atoms with E-state index in [-0.39, 0.29) is 35.9 Å². The molecule has 2 saturated carbocycles. The van der Waals surface area contributed by atoms with E-state index in [1.807, 2.05) is 21.6 Å². The Bertz CT molecular complexity index is 1110. The molecule has 5 aliphatic rings. The molecule has 1 aromatic heterocycles. The number of rotatable bonds is 7. The SMILES string of the molecule is O=C(NCC1CCCCC1)[C@H]1[C@H](CO)[C@H]2Cn3c(ccc(C4=CCCC4)c3=O)[C@@H]1N2C(=O)CC1CC1. The van der Waals surface area contributed by atoms with Crippen LogP contribution in [0.15, 0.2) is 23.0 Å². The highest BCUT2D eigenvalue weighted by molar-refractivity contribution is 5.84. The second kappa shape index (κ2) is 9.81. The number of allylic oxidation sites excluding steroid dienone is 2. The molecule has 3 heterocycles. The summed E-state index contributed by atoms with van der Waals surface area (Å²) in [6.07, 6.45) is 13.8. The molecule has 2 aliphatic heterocycles. The van der Waals surface area contributed by atoms with Crippen LogP contribution in [-0.2, 0) is 16.1 Å². The maximum absolute atomic E-state index is 13.7. The van der Waals surface area contributed by atoms with E-state index in [4.69, 9.17) is 0 Å². The van der Waals surface area contributed by atoms with E-state index in [9.17, 15) is 19.5 Å². The van der Waals surface area contributed by atoms with E-state index in [1.165, 1.54) is 19.3 Å². The van der Waals surface area contributed by atoms with Crippen LogP contribution in [0.1, 0.15) is 87.9 Å². The summed E-state index contributed by atoms with van der Waals surface area (Å²) in [5.74, 6) is -0.00585. The summed E-state index contributed by atoms with van der Waals surface area (Å²) in [6, 6.07) is 3.03. The van der Waals surface area contributed by atoms with Crippen molar-refractivity contribution < 1.29 is 14.7 Å². The second-order valence-corrected chi connectivity index (χ2v) is 11.8. The summed E-state index contributed by atoms with van der Waals surface area (Å²) in [5, 5.41) is 13.7. The lowest BCUT2D eigenvalue weighted by Gasteiger charge is -2.38. The third-order valence-electron chi connectivity index (χ3n) is 9.47. The van der Waals surface area contributed by atoms with Gasteiger partial charge in [-0.2, -0.15) is 0 Å². The Kier molecular flexibility index (Phi) is 6.53. The predicted molar refractivity (Wildman–Crippen MR) is 137 cm³/mol. The van der Waals surface area contributed by atoms with Crippen molar-refractivity contribution in [2.24, 2.45) is 23.7 Å². The topological polar surface area (TPSA) is 91.6 Å². The van der Waals surface area contributed by atoms with Gasteiger partial charge in [0.1, 0.15) is 0 Å². The number of hydrogen-bond acceptors (Lipinski definition) is 4. The highest BCUT2D eigenvalue weighted by Gasteiger charge is 2.57. The predicted octanol–water partition coefficient (Wildman–Crippen LogP) is 3.40. The molecule has 1 aromatic rings. The zero-order chi connectivity index (χ0) is 24.8. The fraction of sp³-hybridized carbons (Fsp3) is 0.690. The van der Waals surface area contributed by atoms with Crippen LogP contribution in [0.4, 0.5) is 0 Å². The van der Waals surface area contributed by atoms with E-state index in [2.05, 4.69) is 11.4 Å². The lowest BCUT2D eigenvalue weighted by molar-refractivity contribution is -0.137. The van der Waals surface area contributed by atoms with Gasteiger partial charge >= 0.3 is 0 Å². The van der Waals surface area contributed by atoms with Gasteiger partial charge in [-0.15, -0.1) is 0 Å². The molecule has 0 aromatic carbocycles. The molecule has 36 heavy (non-hydrogen) atoms. The van der Waals surface area contributed by atoms with Crippen LogP contribution in [0.3, 0.4) is 0 Å². The zero-order valence-electron chi connectivity index (χ0n) is 21.2. The molecular weight excluding hydrogens is 454 g/mol. The van der Waals surface area contributed by atoms with Crippen LogP contribution in [0.25, 0.3) is 5.57 Å². The lowest BCUT2D eigenvalue weighted by atomic mass is 9.85. The summed E-state index contributed by atoms with van der Waals surface area (Å²) < 4.78 is 1.81. The number of carbonyl (C=O) groups excluding carboxylic acids is 2. The minimum atomic E-state index is -0.545. The third kappa shape index (κ3) is 4.23. The van der Waals surface area contributed by atoms with Crippen LogP contribution in [0.5, 0.6) is 0 Å². The van der Waals surface area contributed by atoms with E-state index >= 15 is 0 Å². The molecule has 0 spiro atoms. The Morgan fingerprint density at radius 2 is 1.83 bits per heavy atom. The molecule has 194 valence electrons. The number of aliphatic hydroxyl groups excluding tert-OH is 1. The van der Waals surface area contributed by atoms with Crippen LogP contribution < -0.4 is 10.9 Å². The number of hydrogen-bond donors (Lipinski definition) is 2. The van der Waals surface area contributed by atoms with Gasteiger partial charge in [-0.05, 0) is 74.5 Å². The number of nitrogens with one attached hydrogen (secondary N) is 1. The van der Waals surface area contributed by atoms with Crippen molar-refractivity contribution in [3.05, 3.63) is 39.8 Å². The van der Waals surface area contributed by atoms with E-state index in [0.717, 1.165) is 61.8 Å². The standard InChI is InChI=1S/C29H39N3O4/c33-17-22-24-16-31-23(13-12-21(29(31)36)20-8-4-5-9-20)27(32(24)25(34)14-18-10-11-18)26(22)28(35)30-15-19-6-2-1-3-7-19/h8,12-13,18-19,22,24,26-27,33H,1-7,9-11,14-17H2,(H,30,35)/t22-,24-,26+,27+/m1/s1. The van der Waals surface area contributed by atoms with Crippen LogP contribution in [-0.4, -0.2) is 45.6 Å². The Morgan fingerprint density at radius 3 is 2.53 bits per heavy atom. The molecule has 3 aliphatic carbocycles. The minimum absolute atomic E-state index is 0.0232. The van der Waals surface area contributed by atoms with Crippen molar-refractivity contribution in [3.63, 3.8) is 0 Å². The lowest BCUT2D eigenvalue weighted by Crippen LogP contribution is -2.49. The maximum Gasteiger partial charge on any atom is 0.258 e. The second-order valence-electron chi connectivity index (χ2n) is 11.8. The zero-order valence-corrected chi connectivity index (χ0v) is 21.2. The Labute approximate surface area is 212 Å². The molecule has 2 amide bonds. The molecular formula is C29H39N3O4. The molecule has 1 saturated heterocycles. The van der Waals surface area contributed by atoms with Gasteiger partial charge in [0.05, 0.1) is 18.0 Å². The van der Waals surface area contributed by atoms with Crippen molar-refractivity contribution in [3.8, 4) is 0 Å². The van der Waals surface area contributed by atoms with Crippen molar-refractivity contribution in [2.75, 3.05) is 13.2 Å². The minimum Gasteiger partial charge on any atom is -0.396 e. The summed E-state index contributed by atoms with van der Waals surface area (Å²) in [7, 11) is 0. The first kappa shape index (κ1) is 24.0. The molecule has 7 heteroatoms. The van der Waals surface area contributed by atoms with Gasteiger partial charge in [-0.25, -0.2) is 0 Å². The van der Waals surface area contributed by atoms with Gasteiger partial charge in [0, 0.05) is 43.3 Å². The van der Waals surface area contributed by atoms with Gasteiger partial charge in [0.25, 0.3) is 5.56 Å². The van der Waals surface area contributed by atoms with Crippen molar-refractivity contribution >= 4 is 17.4 Å². The molecule has 3 fully saturated rings. The number of aromatic nitrogens is 1. The highest BCUT2D eigenvalue weighted by Crippen LogP contribution is 2.49. The number of amides is 2. The smallest absolute Gasteiger partial charge is 0.258 e. The van der Waals surface area contributed by atoms with E-state index < -0.39 is 12.0 Å². The van der Waals surface area contributed by atoms with Crippen LogP contribution in [0.2, 0.25) is 0 Å². The number of pyridine rings is 1. The van der Waals surface area contributed by atoms with Crippen LogP contribution >= 0.6 is 0 Å². The Balaban J connectivity index is 1.35. The first-order valence-corrected chi connectivity index (χ1v) is 14.2. The average Bonchev–Trinajstić information content (AvgIpc) is 3.46. The van der Waals surface area contributed by atoms with Gasteiger partial charge < -0.3 is 19.9 Å². The normalized spacial score (nSPS) is 29.7. The van der Waals surface area contributed by atoms with Crippen molar-refractivity contribution in [1.29, 1.82) is 0 Å². The molecule has 0 radical (unpaired) electrons. The molecule has 2 N–H and O–H groups in total. The quantitative estimate of drug-likeness (QED) is 0.609. The highest BCUT2D eigenvalue weighted by atomic mass is 16.3. The van der Waals surface area contributed by atoms with E-state index in [1.54, 1.807) is 0 Å². The fourth-order valence-corrected chi connectivity index (χ4v) is 7.34. The molecule has 7 nitrogen and oxygen atoms in total. The first-order chi connectivity index (χ1) is 17.6. The van der Waals surface area contributed by atoms with Gasteiger partial charge in [-0.1, -0.05) is 25.3 Å². The third-order valence-corrected chi connectivity index (χ3v) is 9.47. The van der Waals surface area contributed by atoms with E-state index in [0.29, 0.717) is 31.3 Å². The number of fused-ring (bicyclic) bond motifs is 4. The summed E-state index contributed by atoms with van der Waals surface area (Å²) in [4.78, 5) is 42.8. The van der Waals surface area contributed by atoms with Crippen molar-refractivity contribution in [1.82, 2.24) is 14.8 Å². The van der Waals surface area contributed by atoms with Gasteiger partial charge in [-0.3, -0.25) is 14.4 Å². The summed E-state index contributed by atoms with van der Waals surface area (Å²) in [6.45, 7) is 0.831. The fourth-order valence-electron chi connectivity index (χ4n) is 7.34. The Hall–Kier alpha value is -2.41. The summed E-state index contributed by atoms with van der Waals surface area (Å²) >= 11 is 0. The average molecular weight is 494 g/mol. The number of nitrogens with zero attached hydrogens (tertiary/aromatic N) is 2.